The standard InChI is InChI=1S/C40H28N2O4S3/c43-37-23-35(48-32-17-12-25-6-1-2-8-27(25)22-32)39(45)41(37)28-13-18-30(19-14-28)47-31-20-15-29(16-21-31)42-38(44)24-36(40(42)46)49-34-11-5-9-26-7-3-4-10-33(26)34/h1-22,35-36H,23-24H2. The molecule has 4 amide bonds. The molecule has 2 aliphatic heterocycles. The van der Waals surface area contributed by atoms with Crippen molar-refractivity contribution in [3.63, 3.8) is 0 Å². The van der Waals surface area contributed by atoms with Gasteiger partial charge >= 0.3 is 0 Å². The summed E-state index contributed by atoms with van der Waals surface area (Å²) in [7, 11) is 0. The Kier molecular flexibility index (Phi) is 8.49. The molecule has 6 aromatic carbocycles. The van der Waals surface area contributed by atoms with Crippen molar-refractivity contribution in [2.24, 2.45) is 0 Å². The number of rotatable bonds is 8. The highest BCUT2D eigenvalue weighted by atomic mass is 32.2. The molecule has 0 bridgehead atoms. The van der Waals surface area contributed by atoms with Gasteiger partial charge in [-0.3, -0.25) is 19.2 Å². The lowest BCUT2D eigenvalue weighted by atomic mass is 10.1. The first-order chi connectivity index (χ1) is 23.9. The Balaban J connectivity index is 0.907. The van der Waals surface area contributed by atoms with Crippen LogP contribution in [0.3, 0.4) is 0 Å². The second-order valence-electron chi connectivity index (χ2n) is 11.8. The molecule has 0 saturated carbocycles. The molecular weight excluding hydrogens is 669 g/mol. The fourth-order valence-electron chi connectivity index (χ4n) is 6.25. The van der Waals surface area contributed by atoms with E-state index < -0.39 is 10.5 Å². The second-order valence-corrected chi connectivity index (χ2v) is 15.5. The molecule has 0 radical (unpaired) electrons. The minimum Gasteiger partial charge on any atom is -0.274 e. The summed E-state index contributed by atoms with van der Waals surface area (Å²) >= 11 is 4.39. The highest BCUT2D eigenvalue weighted by molar-refractivity contribution is 8.01. The lowest BCUT2D eigenvalue weighted by Gasteiger charge is -2.16. The average Bonchev–Trinajstić information content (AvgIpc) is 3.56. The number of benzene rings is 6. The number of anilines is 2. The number of fused-ring (bicyclic) bond motifs is 2. The first-order valence-corrected chi connectivity index (χ1v) is 18.4. The molecule has 2 saturated heterocycles. The predicted octanol–water partition coefficient (Wildman–Crippen LogP) is 8.99. The fourth-order valence-corrected chi connectivity index (χ4v) is 9.38. The zero-order valence-corrected chi connectivity index (χ0v) is 28.5. The minimum atomic E-state index is -0.479. The molecule has 6 nitrogen and oxygen atoms in total. The quantitative estimate of drug-likeness (QED) is 0.147. The number of hydrogen-bond donors (Lipinski definition) is 0. The van der Waals surface area contributed by atoms with Crippen molar-refractivity contribution in [2.45, 2.75) is 42.9 Å². The zero-order chi connectivity index (χ0) is 33.5. The molecule has 6 aromatic rings. The summed E-state index contributed by atoms with van der Waals surface area (Å²) in [6.45, 7) is 0. The van der Waals surface area contributed by atoms with Crippen LogP contribution in [0, 0.1) is 0 Å². The van der Waals surface area contributed by atoms with Crippen molar-refractivity contribution in [3.8, 4) is 0 Å². The van der Waals surface area contributed by atoms with Crippen LogP contribution >= 0.6 is 35.3 Å². The number of thioether (sulfide) groups is 2. The Bertz CT molecular complexity index is 2270. The van der Waals surface area contributed by atoms with Crippen molar-refractivity contribution >= 4 is 91.8 Å². The van der Waals surface area contributed by atoms with Gasteiger partial charge in [0.1, 0.15) is 0 Å². The summed E-state index contributed by atoms with van der Waals surface area (Å²) in [6.07, 6.45) is 0.310. The van der Waals surface area contributed by atoms with E-state index in [1.54, 1.807) is 24.3 Å². The highest BCUT2D eigenvalue weighted by Crippen LogP contribution is 2.39. The van der Waals surface area contributed by atoms with E-state index in [-0.39, 0.29) is 36.5 Å². The third-order valence-corrected chi connectivity index (χ3v) is 12.1. The van der Waals surface area contributed by atoms with E-state index in [0.29, 0.717) is 11.4 Å². The van der Waals surface area contributed by atoms with Gasteiger partial charge in [0.15, 0.2) is 0 Å². The molecule has 2 fully saturated rings. The van der Waals surface area contributed by atoms with Crippen LogP contribution in [0.25, 0.3) is 21.5 Å². The Morgan fingerprint density at radius 2 is 0.980 bits per heavy atom. The van der Waals surface area contributed by atoms with Crippen LogP contribution in [0.15, 0.2) is 153 Å². The number of nitrogens with zero attached hydrogens (tertiary/aromatic N) is 2. The van der Waals surface area contributed by atoms with Gasteiger partial charge in [-0.25, -0.2) is 9.80 Å². The smallest absolute Gasteiger partial charge is 0.247 e. The summed E-state index contributed by atoms with van der Waals surface area (Å²) in [6, 6.07) is 43.0. The zero-order valence-electron chi connectivity index (χ0n) is 26.0. The van der Waals surface area contributed by atoms with Gasteiger partial charge in [-0.05, 0) is 88.3 Å². The second kappa shape index (κ2) is 13.2. The van der Waals surface area contributed by atoms with E-state index >= 15 is 0 Å². The van der Waals surface area contributed by atoms with Crippen molar-refractivity contribution in [1.82, 2.24) is 0 Å². The molecule has 0 N–H and O–H groups in total. The molecule has 9 heteroatoms. The van der Waals surface area contributed by atoms with Gasteiger partial charge < -0.3 is 0 Å². The summed E-state index contributed by atoms with van der Waals surface area (Å²) < 4.78 is 0. The Hall–Kier alpha value is -4.83. The first kappa shape index (κ1) is 31.4. The molecule has 2 heterocycles. The topological polar surface area (TPSA) is 74.8 Å². The van der Waals surface area contributed by atoms with Gasteiger partial charge in [0.2, 0.25) is 23.6 Å². The number of hydrogen-bond acceptors (Lipinski definition) is 7. The van der Waals surface area contributed by atoms with E-state index in [2.05, 4.69) is 6.07 Å². The van der Waals surface area contributed by atoms with Gasteiger partial charge in [-0.15, -0.1) is 23.5 Å². The Morgan fingerprint density at radius 1 is 0.469 bits per heavy atom. The third kappa shape index (κ3) is 6.25. The summed E-state index contributed by atoms with van der Waals surface area (Å²) in [4.78, 5) is 59.1. The number of amides is 4. The molecule has 0 spiro atoms. The van der Waals surface area contributed by atoms with Gasteiger partial charge in [-0.1, -0.05) is 78.5 Å². The minimum absolute atomic E-state index is 0.153. The van der Waals surface area contributed by atoms with Gasteiger partial charge in [0, 0.05) is 32.4 Å². The van der Waals surface area contributed by atoms with Crippen molar-refractivity contribution in [3.05, 3.63) is 133 Å². The molecule has 240 valence electrons. The molecular formula is C40H28N2O4S3. The van der Waals surface area contributed by atoms with Crippen LogP contribution in [0.2, 0.25) is 0 Å². The predicted molar refractivity (Wildman–Crippen MR) is 198 cm³/mol. The normalized spacial score (nSPS) is 18.0. The average molecular weight is 697 g/mol. The third-order valence-electron chi connectivity index (χ3n) is 8.65. The van der Waals surface area contributed by atoms with Crippen molar-refractivity contribution in [2.75, 3.05) is 9.80 Å². The van der Waals surface area contributed by atoms with Crippen LogP contribution in [-0.4, -0.2) is 34.1 Å². The fraction of sp³-hybridized carbons (Fsp3) is 0.100. The van der Waals surface area contributed by atoms with Crippen LogP contribution in [-0.2, 0) is 19.2 Å². The van der Waals surface area contributed by atoms with Crippen LogP contribution in [0.5, 0.6) is 0 Å². The van der Waals surface area contributed by atoms with E-state index in [4.69, 9.17) is 0 Å². The number of carbonyl (C=O) groups excluding carboxylic acids is 4. The van der Waals surface area contributed by atoms with Crippen LogP contribution in [0.4, 0.5) is 11.4 Å². The van der Waals surface area contributed by atoms with E-state index in [0.717, 1.165) is 41.1 Å². The number of carbonyl (C=O) groups is 4. The van der Waals surface area contributed by atoms with Gasteiger partial charge in [0.25, 0.3) is 0 Å². The van der Waals surface area contributed by atoms with Crippen LogP contribution in [0.1, 0.15) is 12.8 Å². The lowest BCUT2D eigenvalue weighted by Crippen LogP contribution is -2.31. The monoisotopic (exact) mass is 696 g/mol. The van der Waals surface area contributed by atoms with Crippen molar-refractivity contribution in [1.29, 1.82) is 0 Å². The molecule has 8 rings (SSSR count). The molecule has 2 aliphatic rings. The van der Waals surface area contributed by atoms with E-state index in [9.17, 15) is 19.2 Å². The van der Waals surface area contributed by atoms with E-state index in [1.165, 1.54) is 45.1 Å². The van der Waals surface area contributed by atoms with Gasteiger partial charge in [0.05, 0.1) is 21.9 Å². The van der Waals surface area contributed by atoms with Gasteiger partial charge in [-0.2, -0.15) is 0 Å². The Morgan fingerprint density at radius 3 is 1.61 bits per heavy atom. The first-order valence-electron chi connectivity index (χ1n) is 15.8. The molecule has 0 aliphatic carbocycles. The molecule has 0 aromatic heterocycles. The SMILES string of the molecule is O=C1CC(Sc2ccc3ccccc3c2)C(=O)N1c1ccc(Sc2ccc(N3C(=O)CC(Sc4cccc5ccccc45)C3=O)cc2)cc1. The maximum atomic E-state index is 13.4. The van der Waals surface area contributed by atoms with Crippen molar-refractivity contribution < 1.29 is 19.2 Å². The lowest BCUT2D eigenvalue weighted by molar-refractivity contribution is -0.122. The highest BCUT2D eigenvalue weighted by Gasteiger charge is 2.41. The van der Waals surface area contributed by atoms with E-state index in [1.807, 2.05) is 103 Å². The summed E-state index contributed by atoms with van der Waals surface area (Å²) in [5, 5.41) is 3.45. The number of imide groups is 2. The maximum absolute atomic E-state index is 13.4. The van der Waals surface area contributed by atoms with Crippen LogP contribution < -0.4 is 9.80 Å². The largest absolute Gasteiger partial charge is 0.274 e. The summed E-state index contributed by atoms with van der Waals surface area (Å²) in [5.74, 6) is -0.823. The Labute approximate surface area is 295 Å². The maximum Gasteiger partial charge on any atom is 0.247 e. The molecule has 2 atom stereocenters. The summed E-state index contributed by atoms with van der Waals surface area (Å²) in [5.41, 5.74) is 1.11. The molecule has 2 unspecified atom stereocenters. The molecule has 49 heavy (non-hydrogen) atoms.